The average Bonchev–Trinajstić information content (AvgIpc) is 2.67. The lowest BCUT2D eigenvalue weighted by molar-refractivity contribution is 0.0526. The lowest BCUT2D eigenvalue weighted by atomic mass is 10.1. The van der Waals surface area contributed by atoms with E-state index in [0.29, 0.717) is 29.2 Å². The number of benzene rings is 2. The van der Waals surface area contributed by atoms with Gasteiger partial charge in [0.1, 0.15) is 5.56 Å². The van der Waals surface area contributed by atoms with Crippen molar-refractivity contribution >= 4 is 23.8 Å². The highest BCUT2D eigenvalue weighted by molar-refractivity contribution is 6.02. The van der Waals surface area contributed by atoms with Crippen molar-refractivity contribution in [2.75, 3.05) is 26.3 Å². The lowest BCUT2D eigenvalue weighted by Gasteiger charge is -2.12. The zero-order valence-electron chi connectivity index (χ0n) is 15.2. The fraction of sp³-hybridized carbons (Fsp3) is 0.211. The number of esters is 1. The van der Waals surface area contributed by atoms with E-state index in [1.54, 1.807) is 43.3 Å². The monoisotopic (exact) mass is 372 g/mol. The molecule has 8 heteroatoms. The summed E-state index contributed by atoms with van der Waals surface area (Å²) >= 11 is 0. The van der Waals surface area contributed by atoms with Gasteiger partial charge in [0.25, 0.3) is 0 Å². The largest absolute Gasteiger partial charge is 0.493 e. The average molecular weight is 372 g/mol. The third kappa shape index (κ3) is 4.75. The summed E-state index contributed by atoms with van der Waals surface area (Å²) in [5.41, 5.74) is 4.12. The van der Waals surface area contributed by atoms with E-state index in [1.807, 2.05) is 0 Å². The van der Waals surface area contributed by atoms with Crippen molar-refractivity contribution in [1.29, 1.82) is 0 Å². The van der Waals surface area contributed by atoms with Crippen molar-refractivity contribution in [3.63, 3.8) is 0 Å². The molecule has 0 unspecified atom stereocenters. The first-order valence-electron chi connectivity index (χ1n) is 8.06. The second-order valence-electron chi connectivity index (χ2n) is 5.24. The fourth-order valence-corrected chi connectivity index (χ4v) is 2.34. The molecule has 0 saturated carbocycles. The predicted molar refractivity (Wildman–Crippen MR) is 100 cm³/mol. The molecule has 142 valence electrons. The summed E-state index contributed by atoms with van der Waals surface area (Å²) in [5.74, 6) is -1.13. The Labute approximate surface area is 156 Å². The number of hydrazone groups is 1. The normalized spacial score (nSPS) is 10.5. The summed E-state index contributed by atoms with van der Waals surface area (Å²) in [7, 11) is 2.80. The van der Waals surface area contributed by atoms with Crippen LogP contribution in [-0.2, 0) is 4.74 Å². The number of rotatable bonds is 8. The number of carbonyl (C=O) groups excluding carboxylic acids is 1. The van der Waals surface area contributed by atoms with Crippen LogP contribution in [0, 0.1) is 0 Å². The molecule has 0 aliphatic carbocycles. The molecule has 0 saturated heterocycles. The van der Waals surface area contributed by atoms with E-state index in [9.17, 15) is 14.7 Å². The Morgan fingerprint density at radius 2 is 1.81 bits per heavy atom. The van der Waals surface area contributed by atoms with E-state index in [0.717, 1.165) is 0 Å². The highest BCUT2D eigenvalue weighted by Crippen LogP contribution is 2.32. The number of anilines is 1. The van der Waals surface area contributed by atoms with E-state index in [-0.39, 0.29) is 11.3 Å². The minimum atomic E-state index is -1.16. The standard InChI is InChI=1S/C19H20N2O6/c1-4-27-19(24)12-5-8-14(9-6-12)21-20-11-13-7-10-15(25-2)17(26-3)16(13)18(22)23/h5-11,21H,4H2,1-3H3,(H,22,23)/b20-11+. The molecule has 0 spiro atoms. The highest BCUT2D eigenvalue weighted by atomic mass is 16.5. The van der Waals surface area contributed by atoms with Crippen LogP contribution in [0.15, 0.2) is 41.5 Å². The van der Waals surface area contributed by atoms with Gasteiger partial charge in [-0.25, -0.2) is 9.59 Å². The first-order chi connectivity index (χ1) is 13.0. The van der Waals surface area contributed by atoms with E-state index in [4.69, 9.17) is 14.2 Å². The molecule has 0 heterocycles. The van der Waals surface area contributed by atoms with Gasteiger partial charge in [0.2, 0.25) is 0 Å². The SMILES string of the molecule is CCOC(=O)c1ccc(N/N=C/c2ccc(OC)c(OC)c2C(=O)O)cc1. The number of carbonyl (C=O) groups is 2. The minimum absolute atomic E-state index is 0.0555. The van der Waals surface area contributed by atoms with Gasteiger partial charge in [-0.05, 0) is 43.3 Å². The van der Waals surface area contributed by atoms with Crippen LogP contribution in [-0.4, -0.2) is 44.1 Å². The van der Waals surface area contributed by atoms with Crippen molar-refractivity contribution in [3.8, 4) is 11.5 Å². The lowest BCUT2D eigenvalue weighted by Crippen LogP contribution is -2.07. The number of nitrogens with one attached hydrogen (secondary N) is 1. The van der Waals surface area contributed by atoms with Crippen molar-refractivity contribution in [2.24, 2.45) is 5.10 Å². The van der Waals surface area contributed by atoms with Crippen LogP contribution < -0.4 is 14.9 Å². The third-order valence-corrected chi connectivity index (χ3v) is 3.59. The molecule has 0 amide bonds. The quantitative estimate of drug-likeness (QED) is 0.417. The predicted octanol–water partition coefficient (Wildman–Crippen LogP) is 3.02. The first-order valence-corrected chi connectivity index (χ1v) is 8.06. The Morgan fingerprint density at radius 3 is 2.37 bits per heavy atom. The molecule has 2 N–H and O–H groups in total. The van der Waals surface area contributed by atoms with Gasteiger partial charge in [-0.2, -0.15) is 5.10 Å². The topological polar surface area (TPSA) is 106 Å². The number of hydrogen-bond donors (Lipinski definition) is 2. The van der Waals surface area contributed by atoms with Gasteiger partial charge in [0, 0.05) is 5.56 Å². The van der Waals surface area contributed by atoms with Crippen LogP contribution in [0.1, 0.15) is 33.2 Å². The van der Waals surface area contributed by atoms with Crippen molar-refractivity contribution in [3.05, 3.63) is 53.1 Å². The van der Waals surface area contributed by atoms with Crippen molar-refractivity contribution in [2.45, 2.75) is 6.92 Å². The molecule has 0 aliphatic rings. The zero-order chi connectivity index (χ0) is 19.8. The van der Waals surface area contributed by atoms with Gasteiger partial charge in [-0.3, -0.25) is 5.43 Å². The van der Waals surface area contributed by atoms with Gasteiger partial charge < -0.3 is 19.3 Å². The van der Waals surface area contributed by atoms with Crippen molar-refractivity contribution < 1.29 is 28.9 Å². The number of carboxylic acids is 1. The fourth-order valence-electron chi connectivity index (χ4n) is 2.34. The van der Waals surface area contributed by atoms with E-state index < -0.39 is 11.9 Å². The summed E-state index contributed by atoms with van der Waals surface area (Å²) in [5, 5.41) is 13.5. The van der Waals surface area contributed by atoms with Crippen LogP contribution >= 0.6 is 0 Å². The molecule has 27 heavy (non-hydrogen) atoms. The van der Waals surface area contributed by atoms with Crippen molar-refractivity contribution in [1.82, 2.24) is 0 Å². The van der Waals surface area contributed by atoms with Crippen LogP contribution in [0.3, 0.4) is 0 Å². The molecule has 0 aromatic heterocycles. The summed E-state index contributed by atoms with van der Waals surface area (Å²) in [4.78, 5) is 23.2. The van der Waals surface area contributed by atoms with Gasteiger partial charge in [0.05, 0.1) is 38.3 Å². The Balaban J connectivity index is 2.19. The number of aromatic carboxylic acids is 1. The molecule has 0 atom stereocenters. The van der Waals surface area contributed by atoms with Crippen LogP contribution in [0.2, 0.25) is 0 Å². The highest BCUT2D eigenvalue weighted by Gasteiger charge is 2.20. The first kappa shape index (κ1) is 19.8. The van der Waals surface area contributed by atoms with Crippen LogP contribution in [0.25, 0.3) is 0 Å². The smallest absolute Gasteiger partial charge is 0.340 e. The number of ether oxygens (including phenoxy) is 3. The molecule has 8 nitrogen and oxygen atoms in total. The number of carboxylic acid groups (broad SMARTS) is 1. The summed E-state index contributed by atoms with van der Waals surface area (Å²) < 4.78 is 15.2. The van der Waals surface area contributed by atoms with E-state index in [2.05, 4.69) is 10.5 Å². The van der Waals surface area contributed by atoms with E-state index in [1.165, 1.54) is 20.4 Å². The minimum Gasteiger partial charge on any atom is -0.493 e. The van der Waals surface area contributed by atoms with Gasteiger partial charge in [0.15, 0.2) is 11.5 Å². The molecule has 0 aliphatic heterocycles. The Hall–Kier alpha value is -3.55. The third-order valence-electron chi connectivity index (χ3n) is 3.59. The number of methoxy groups -OCH3 is 2. The van der Waals surface area contributed by atoms with Gasteiger partial charge >= 0.3 is 11.9 Å². The molecule has 2 aromatic rings. The molecule has 2 rings (SSSR count). The molecule has 0 radical (unpaired) electrons. The van der Waals surface area contributed by atoms with Gasteiger partial charge in [-0.1, -0.05) is 0 Å². The Morgan fingerprint density at radius 1 is 1.11 bits per heavy atom. The molecular weight excluding hydrogens is 352 g/mol. The number of hydrogen-bond acceptors (Lipinski definition) is 7. The second-order valence-corrected chi connectivity index (χ2v) is 5.24. The molecular formula is C19H20N2O6. The van der Waals surface area contributed by atoms with E-state index >= 15 is 0 Å². The Bertz CT molecular complexity index is 846. The maximum absolute atomic E-state index is 11.6. The molecule has 0 fully saturated rings. The summed E-state index contributed by atoms with van der Waals surface area (Å²) in [6.45, 7) is 2.04. The van der Waals surface area contributed by atoms with Crippen LogP contribution in [0.5, 0.6) is 11.5 Å². The zero-order valence-corrected chi connectivity index (χ0v) is 15.2. The van der Waals surface area contributed by atoms with Gasteiger partial charge in [-0.15, -0.1) is 0 Å². The summed E-state index contributed by atoms with van der Waals surface area (Å²) in [6.07, 6.45) is 1.37. The maximum atomic E-state index is 11.6. The molecule has 0 bridgehead atoms. The Kier molecular flexibility index (Phi) is 6.76. The maximum Gasteiger partial charge on any atom is 0.340 e. The molecule has 2 aromatic carbocycles. The summed E-state index contributed by atoms with van der Waals surface area (Å²) in [6, 6.07) is 9.71. The van der Waals surface area contributed by atoms with Crippen LogP contribution in [0.4, 0.5) is 5.69 Å². The number of nitrogens with zero attached hydrogens (tertiary/aromatic N) is 1. The second kappa shape index (κ2) is 9.23.